The van der Waals surface area contributed by atoms with Gasteiger partial charge in [0.2, 0.25) is 0 Å². The number of ether oxygens (including phenoxy) is 2. The lowest BCUT2D eigenvalue weighted by Gasteiger charge is -2.22. The Hall–Kier alpha value is -1.33. The molecule has 0 amide bonds. The van der Waals surface area contributed by atoms with Crippen LogP contribution in [0.1, 0.15) is 30.6 Å². The van der Waals surface area contributed by atoms with Crippen LogP contribution in [0.5, 0.6) is 0 Å². The lowest BCUT2D eigenvalue weighted by atomic mass is 10.1. The van der Waals surface area contributed by atoms with Crippen molar-refractivity contribution in [2.45, 2.75) is 25.9 Å². The van der Waals surface area contributed by atoms with Gasteiger partial charge >= 0.3 is 0 Å². The zero-order valence-corrected chi connectivity index (χ0v) is 11.3. The number of carbonyl (C=O) groups excluding carboxylic acids is 1. The van der Waals surface area contributed by atoms with Gasteiger partial charge in [-0.25, -0.2) is 8.78 Å². The quantitative estimate of drug-likeness (QED) is 0.565. The van der Waals surface area contributed by atoms with Crippen LogP contribution in [0.15, 0.2) is 18.2 Å². The first-order valence-electron chi connectivity index (χ1n) is 5.97. The van der Waals surface area contributed by atoms with Gasteiger partial charge in [0, 0.05) is 19.3 Å². The van der Waals surface area contributed by atoms with E-state index >= 15 is 0 Å². The summed E-state index contributed by atoms with van der Waals surface area (Å²) < 4.78 is 36.1. The first-order valence-corrected chi connectivity index (χ1v) is 5.97. The monoisotopic (exact) mass is 272 g/mol. The van der Waals surface area contributed by atoms with Crippen LogP contribution >= 0.6 is 0 Å². The average Bonchev–Trinajstić information content (AvgIpc) is 2.37. The molecule has 0 aliphatic rings. The van der Waals surface area contributed by atoms with Crippen LogP contribution in [0.2, 0.25) is 0 Å². The van der Waals surface area contributed by atoms with Crippen molar-refractivity contribution in [3.8, 4) is 0 Å². The zero-order valence-electron chi connectivity index (χ0n) is 11.3. The summed E-state index contributed by atoms with van der Waals surface area (Å²) in [7, 11) is 1.60. The van der Waals surface area contributed by atoms with Gasteiger partial charge in [-0.3, -0.25) is 4.79 Å². The largest absolute Gasteiger partial charge is 0.379 e. The molecular weight excluding hydrogens is 254 g/mol. The second kappa shape index (κ2) is 6.73. The summed E-state index contributed by atoms with van der Waals surface area (Å²) in [5.74, 6) is -2.39. The van der Waals surface area contributed by atoms with Crippen molar-refractivity contribution >= 4 is 5.78 Å². The van der Waals surface area contributed by atoms with Crippen LogP contribution in [0, 0.1) is 11.6 Å². The summed E-state index contributed by atoms with van der Waals surface area (Å²) in [5, 5.41) is 0. The van der Waals surface area contributed by atoms with Crippen molar-refractivity contribution in [1.29, 1.82) is 0 Å². The molecule has 0 fully saturated rings. The van der Waals surface area contributed by atoms with Crippen molar-refractivity contribution < 1.29 is 23.0 Å². The van der Waals surface area contributed by atoms with E-state index in [1.807, 2.05) is 13.8 Å². The SMILES string of the molecule is COC(C)(C)CCOCC(=O)c1ccc(F)c(F)c1. The van der Waals surface area contributed by atoms with Crippen LogP contribution < -0.4 is 0 Å². The van der Waals surface area contributed by atoms with E-state index in [1.54, 1.807) is 7.11 Å². The average molecular weight is 272 g/mol. The molecular formula is C14H18F2O3. The normalized spacial score (nSPS) is 11.6. The van der Waals surface area contributed by atoms with Crippen molar-refractivity contribution in [1.82, 2.24) is 0 Å². The molecule has 0 heterocycles. The summed E-state index contributed by atoms with van der Waals surface area (Å²) in [6.45, 7) is 4.02. The fourth-order valence-corrected chi connectivity index (χ4v) is 1.34. The Morgan fingerprint density at radius 3 is 2.53 bits per heavy atom. The number of methoxy groups -OCH3 is 1. The van der Waals surface area contributed by atoms with E-state index in [9.17, 15) is 13.6 Å². The number of benzene rings is 1. The molecule has 3 nitrogen and oxygen atoms in total. The Bertz CT molecular complexity index is 444. The van der Waals surface area contributed by atoms with Crippen molar-refractivity contribution in [2.24, 2.45) is 0 Å². The minimum absolute atomic E-state index is 0.102. The number of Topliss-reactive ketones (excluding diaryl/α,β-unsaturated/α-hetero) is 1. The van der Waals surface area contributed by atoms with E-state index in [0.29, 0.717) is 13.0 Å². The third-order valence-corrected chi connectivity index (χ3v) is 2.88. The lowest BCUT2D eigenvalue weighted by molar-refractivity contribution is -0.00837. The van der Waals surface area contributed by atoms with Gasteiger partial charge in [-0.15, -0.1) is 0 Å². The predicted octanol–water partition coefficient (Wildman–Crippen LogP) is 2.98. The topological polar surface area (TPSA) is 35.5 Å². The van der Waals surface area contributed by atoms with Gasteiger partial charge in [-0.1, -0.05) is 0 Å². The van der Waals surface area contributed by atoms with E-state index in [4.69, 9.17) is 9.47 Å². The Morgan fingerprint density at radius 2 is 1.95 bits per heavy atom. The highest BCUT2D eigenvalue weighted by molar-refractivity contribution is 5.97. The summed E-state index contributed by atoms with van der Waals surface area (Å²) in [5.41, 5.74) is -0.213. The zero-order chi connectivity index (χ0) is 14.5. The molecule has 1 aromatic carbocycles. The van der Waals surface area contributed by atoms with Crippen LogP contribution in [0.3, 0.4) is 0 Å². The smallest absolute Gasteiger partial charge is 0.188 e. The second-order valence-corrected chi connectivity index (χ2v) is 4.82. The standard InChI is InChI=1S/C14H18F2O3/c1-14(2,18-3)6-7-19-9-13(17)10-4-5-11(15)12(16)8-10/h4-5,8H,6-7,9H2,1-3H3. The Morgan fingerprint density at radius 1 is 1.26 bits per heavy atom. The molecule has 0 bridgehead atoms. The maximum atomic E-state index is 12.9. The molecule has 1 aromatic rings. The maximum Gasteiger partial charge on any atom is 0.188 e. The molecule has 0 unspecified atom stereocenters. The third-order valence-electron chi connectivity index (χ3n) is 2.88. The fourth-order valence-electron chi connectivity index (χ4n) is 1.34. The molecule has 0 aliphatic carbocycles. The molecule has 0 saturated carbocycles. The van der Waals surface area contributed by atoms with Crippen LogP contribution in [0.25, 0.3) is 0 Å². The van der Waals surface area contributed by atoms with E-state index in [0.717, 1.165) is 12.1 Å². The van der Waals surface area contributed by atoms with Gasteiger partial charge in [0.05, 0.1) is 5.60 Å². The molecule has 0 aromatic heterocycles. The summed E-state index contributed by atoms with van der Waals surface area (Å²) in [6.07, 6.45) is 0.633. The number of rotatable bonds is 7. The summed E-state index contributed by atoms with van der Waals surface area (Å²) >= 11 is 0. The third kappa shape index (κ3) is 5.04. The molecule has 0 atom stereocenters. The van der Waals surface area contributed by atoms with E-state index < -0.39 is 11.6 Å². The second-order valence-electron chi connectivity index (χ2n) is 4.82. The van der Waals surface area contributed by atoms with Crippen LogP contribution in [0.4, 0.5) is 8.78 Å². The molecule has 0 N–H and O–H groups in total. The molecule has 0 spiro atoms. The predicted molar refractivity (Wildman–Crippen MR) is 67.2 cm³/mol. The maximum absolute atomic E-state index is 12.9. The number of halogens is 2. The minimum atomic E-state index is -1.04. The van der Waals surface area contributed by atoms with Gasteiger partial charge in [-0.05, 0) is 38.5 Å². The molecule has 19 heavy (non-hydrogen) atoms. The lowest BCUT2D eigenvalue weighted by Crippen LogP contribution is -2.25. The molecule has 0 radical (unpaired) electrons. The van der Waals surface area contributed by atoms with E-state index in [1.165, 1.54) is 6.07 Å². The first-order chi connectivity index (χ1) is 8.85. The molecule has 0 aliphatic heterocycles. The highest BCUT2D eigenvalue weighted by Gasteiger charge is 2.16. The van der Waals surface area contributed by atoms with Gasteiger partial charge in [-0.2, -0.15) is 0 Å². The Balaban J connectivity index is 2.41. The number of hydrogen-bond acceptors (Lipinski definition) is 3. The van der Waals surface area contributed by atoms with E-state index in [2.05, 4.69) is 0 Å². The molecule has 0 saturated heterocycles. The van der Waals surface area contributed by atoms with Gasteiger partial charge in [0.25, 0.3) is 0 Å². The minimum Gasteiger partial charge on any atom is -0.379 e. The van der Waals surface area contributed by atoms with Crippen molar-refractivity contribution in [3.63, 3.8) is 0 Å². The molecule has 1 rings (SSSR count). The summed E-state index contributed by atoms with van der Waals surface area (Å²) in [4.78, 5) is 11.7. The number of hydrogen-bond donors (Lipinski definition) is 0. The highest BCUT2D eigenvalue weighted by atomic mass is 19.2. The first kappa shape index (κ1) is 15.7. The van der Waals surface area contributed by atoms with Crippen LogP contribution in [-0.4, -0.2) is 31.7 Å². The molecule has 5 heteroatoms. The van der Waals surface area contributed by atoms with Crippen molar-refractivity contribution in [2.75, 3.05) is 20.3 Å². The summed E-state index contributed by atoms with van der Waals surface area (Å²) in [6, 6.07) is 3.04. The van der Waals surface area contributed by atoms with Crippen molar-refractivity contribution in [3.05, 3.63) is 35.4 Å². The van der Waals surface area contributed by atoms with Gasteiger partial charge < -0.3 is 9.47 Å². The Kier molecular flexibility index (Phi) is 5.57. The fraction of sp³-hybridized carbons (Fsp3) is 0.500. The Labute approximate surface area is 111 Å². The van der Waals surface area contributed by atoms with E-state index in [-0.39, 0.29) is 23.6 Å². The highest BCUT2D eigenvalue weighted by Crippen LogP contribution is 2.13. The number of ketones is 1. The molecule has 106 valence electrons. The number of carbonyl (C=O) groups is 1. The van der Waals surface area contributed by atoms with Gasteiger partial charge in [0.1, 0.15) is 6.61 Å². The van der Waals surface area contributed by atoms with Crippen LogP contribution in [-0.2, 0) is 9.47 Å². The van der Waals surface area contributed by atoms with Gasteiger partial charge in [0.15, 0.2) is 17.4 Å².